The molecule has 0 bridgehead atoms. The molecule has 0 radical (unpaired) electrons. The highest BCUT2D eigenvalue weighted by molar-refractivity contribution is 6.10. The highest BCUT2D eigenvalue weighted by Gasteiger charge is 2.20. The van der Waals surface area contributed by atoms with Crippen molar-refractivity contribution in [2.45, 2.75) is 32.6 Å². The van der Waals surface area contributed by atoms with Crippen LogP contribution in [0.3, 0.4) is 0 Å². The maximum atomic E-state index is 13.4. The van der Waals surface area contributed by atoms with E-state index in [2.05, 4.69) is 16.3 Å². The molecule has 198 valence electrons. The van der Waals surface area contributed by atoms with Crippen LogP contribution < -0.4 is 15.1 Å². The summed E-state index contributed by atoms with van der Waals surface area (Å²) in [5.41, 5.74) is 6.88. The Morgan fingerprint density at radius 1 is 0.744 bits per heavy atom. The number of para-hydroxylation sites is 2. The number of carbonyl (C=O) groups is 2. The van der Waals surface area contributed by atoms with Gasteiger partial charge in [-0.05, 0) is 73.4 Å². The van der Waals surface area contributed by atoms with E-state index < -0.39 is 0 Å². The minimum atomic E-state index is -0.186. The van der Waals surface area contributed by atoms with Gasteiger partial charge in [0.05, 0.1) is 11.4 Å². The number of hydrogen-bond acceptors (Lipinski definition) is 3. The fourth-order valence-corrected chi connectivity index (χ4v) is 5.19. The van der Waals surface area contributed by atoms with Gasteiger partial charge in [-0.25, -0.2) is 0 Å². The summed E-state index contributed by atoms with van der Waals surface area (Å²) < 4.78 is 0. The first-order chi connectivity index (χ1) is 19.0. The van der Waals surface area contributed by atoms with Gasteiger partial charge in [-0.1, -0.05) is 73.0 Å². The van der Waals surface area contributed by atoms with E-state index >= 15 is 0 Å². The van der Waals surface area contributed by atoms with Crippen molar-refractivity contribution in [3.05, 3.63) is 114 Å². The Balaban J connectivity index is 1.31. The summed E-state index contributed by atoms with van der Waals surface area (Å²) in [4.78, 5) is 30.8. The minimum absolute atomic E-state index is 0.0835. The molecule has 1 N–H and O–H groups in total. The molecule has 1 aliphatic rings. The van der Waals surface area contributed by atoms with Gasteiger partial charge in [0, 0.05) is 37.0 Å². The lowest BCUT2D eigenvalue weighted by Crippen LogP contribution is -2.30. The normalized spacial score (nSPS) is 13.4. The quantitative estimate of drug-likeness (QED) is 0.287. The zero-order valence-electron chi connectivity index (χ0n) is 22.7. The van der Waals surface area contributed by atoms with E-state index in [0.29, 0.717) is 16.8 Å². The van der Waals surface area contributed by atoms with E-state index in [1.807, 2.05) is 80.7 Å². The van der Waals surface area contributed by atoms with Crippen LogP contribution in [0.15, 0.2) is 97.1 Å². The molecule has 1 saturated heterocycles. The van der Waals surface area contributed by atoms with E-state index in [9.17, 15) is 9.59 Å². The summed E-state index contributed by atoms with van der Waals surface area (Å²) in [5, 5.41) is 2.99. The summed E-state index contributed by atoms with van der Waals surface area (Å²) in [6.07, 6.45) is 4.87. The van der Waals surface area contributed by atoms with Crippen LogP contribution in [0.2, 0.25) is 0 Å². The fraction of sp³-hybridized carbons (Fsp3) is 0.235. The maximum absolute atomic E-state index is 13.4. The Hall–Kier alpha value is -4.38. The van der Waals surface area contributed by atoms with Crippen molar-refractivity contribution in [2.24, 2.45) is 0 Å². The van der Waals surface area contributed by atoms with Crippen molar-refractivity contribution in [2.75, 3.05) is 35.3 Å². The predicted octanol–water partition coefficient (Wildman–Crippen LogP) is 7.57. The number of hydrogen-bond donors (Lipinski definition) is 1. The predicted molar refractivity (Wildman–Crippen MR) is 161 cm³/mol. The van der Waals surface area contributed by atoms with Gasteiger partial charge >= 0.3 is 0 Å². The van der Waals surface area contributed by atoms with Crippen molar-refractivity contribution < 1.29 is 9.59 Å². The van der Waals surface area contributed by atoms with E-state index in [4.69, 9.17) is 0 Å². The zero-order chi connectivity index (χ0) is 27.2. The first-order valence-corrected chi connectivity index (χ1v) is 13.7. The number of rotatable bonds is 6. The van der Waals surface area contributed by atoms with Crippen molar-refractivity contribution in [1.29, 1.82) is 0 Å². The Labute approximate surface area is 231 Å². The van der Waals surface area contributed by atoms with Crippen LogP contribution in [0.4, 0.5) is 17.1 Å². The van der Waals surface area contributed by atoms with Gasteiger partial charge in [0.15, 0.2) is 0 Å². The van der Waals surface area contributed by atoms with Gasteiger partial charge in [-0.3, -0.25) is 9.59 Å². The van der Waals surface area contributed by atoms with Crippen LogP contribution in [-0.2, 0) is 0 Å². The molecule has 0 unspecified atom stereocenters. The Morgan fingerprint density at radius 2 is 1.38 bits per heavy atom. The average Bonchev–Trinajstić information content (AvgIpc) is 3.27. The van der Waals surface area contributed by atoms with Gasteiger partial charge < -0.3 is 15.1 Å². The molecule has 0 aromatic heterocycles. The van der Waals surface area contributed by atoms with Crippen LogP contribution in [0.5, 0.6) is 0 Å². The summed E-state index contributed by atoms with van der Waals surface area (Å²) in [5.74, 6) is -0.270. The summed E-state index contributed by atoms with van der Waals surface area (Å²) in [7, 11) is 1.83. The molecular weight excluding hydrogens is 482 g/mol. The van der Waals surface area contributed by atoms with Crippen molar-refractivity contribution >= 4 is 28.9 Å². The third-order valence-corrected chi connectivity index (χ3v) is 7.42. The summed E-state index contributed by atoms with van der Waals surface area (Å²) in [6, 6.07) is 31.0. The number of benzene rings is 4. The average molecular weight is 518 g/mol. The second-order valence-electron chi connectivity index (χ2n) is 10.2. The number of anilines is 3. The number of nitrogens with one attached hydrogen (secondary N) is 1. The summed E-state index contributed by atoms with van der Waals surface area (Å²) in [6.45, 7) is 4.07. The molecular formula is C34H35N3O2. The number of amides is 2. The number of nitrogens with zero attached hydrogens (tertiary/aromatic N) is 2. The van der Waals surface area contributed by atoms with Gasteiger partial charge in [0.1, 0.15) is 0 Å². The molecule has 0 saturated carbocycles. The molecule has 2 amide bonds. The van der Waals surface area contributed by atoms with Gasteiger partial charge in [-0.15, -0.1) is 0 Å². The molecule has 5 heteroatoms. The topological polar surface area (TPSA) is 52.7 Å². The van der Waals surface area contributed by atoms with Crippen molar-refractivity contribution in [3.63, 3.8) is 0 Å². The SMILES string of the molecule is Cc1ccc(-c2ccccc2C(=O)Nc2ccc(C(=O)N(C)c3ccccc3N3CCCCCC3)cc2)cc1. The van der Waals surface area contributed by atoms with Crippen molar-refractivity contribution in [3.8, 4) is 11.1 Å². The number of carbonyl (C=O) groups excluding carboxylic acids is 2. The minimum Gasteiger partial charge on any atom is -0.370 e. The lowest BCUT2D eigenvalue weighted by molar-refractivity contribution is 0.0991. The highest BCUT2D eigenvalue weighted by atomic mass is 16.2. The highest BCUT2D eigenvalue weighted by Crippen LogP contribution is 2.31. The fourth-order valence-electron chi connectivity index (χ4n) is 5.19. The van der Waals surface area contributed by atoms with E-state index in [-0.39, 0.29) is 11.8 Å². The van der Waals surface area contributed by atoms with Gasteiger partial charge in [0.2, 0.25) is 0 Å². The molecule has 4 aromatic rings. The zero-order valence-corrected chi connectivity index (χ0v) is 22.7. The molecule has 5 nitrogen and oxygen atoms in total. The van der Waals surface area contributed by atoms with Crippen LogP contribution in [0.25, 0.3) is 11.1 Å². The molecule has 0 aliphatic carbocycles. The van der Waals surface area contributed by atoms with E-state index in [1.54, 1.807) is 29.2 Å². The lowest BCUT2D eigenvalue weighted by Gasteiger charge is -2.29. The second kappa shape index (κ2) is 12.0. The largest absolute Gasteiger partial charge is 0.370 e. The molecule has 5 rings (SSSR count). The molecule has 4 aromatic carbocycles. The molecule has 0 spiro atoms. The second-order valence-corrected chi connectivity index (χ2v) is 10.2. The Morgan fingerprint density at radius 3 is 2.10 bits per heavy atom. The third kappa shape index (κ3) is 6.04. The smallest absolute Gasteiger partial charge is 0.258 e. The summed E-state index contributed by atoms with van der Waals surface area (Å²) >= 11 is 0. The third-order valence-electron chi connectivity index (χ3n) is 7.42. The van der Waals surface area contributed by atoms with Crippen LogP contribution in [0.1, 0.15) is 52.0 Å². The monoisotopic (exact) mass is 517 g/mol. The van der Waals surface area contributed by atoms with Crippen LogP contribution in [0, 0.1) is 6.92 Å². The number of aryl methyl sites for hydroxylation is 1. The molecule has 1 heterocycles. The van der Waals surface area contributed by atoms with Gasteiger partial charge in [-0.2, -0.15) is 0 Å². The van der Waals surface area contributed by atoms with Crippen LogP contribution in [-0.4, -0.2) is 32.0 Å². The van der Waals surface area contributed by atoms with E-state index in [0.717, 1.165) is 35.6 Å². The molecule has 0 atom stereocenters. The van der Waals surface area contributed by atoms with Crippen LogP contribution >= 0.6 is 0 Å². The Bertz CT molecular complexity index is 1440. The first kappa shape index (κ1) is 26.2. The lowest BCUT2D eigenvalue weighted by atomic mass is 9.98. The Kier molecular flexibility index (Phi) is 8.07. The molecule has 1 aliphatic heterocycles. The first-order valence-electron chi connectivity index (χ1n) is 13.7. The van der Waals surface area contributed by atoms with E-state index in [1.165, 1.54) is 31.2 Å². The van der Waals surface area contributed by atoms with Crippen molar-refractivity contribution in [1.82, 2.24) is 0 Å². The van der Waals surface area contributed by atoms with Gasteiger partial charge in [0.25, 0.3) is 11.8 Å². The molecule has 1 fully saturated rings. The maximum Gasteiger partial charge on any atom is 0.258 e. The molecule has 39 heavy (non-hydrogen) atoms. The standard InChI is InChI=1S/C34H35N3O2/c1-25-15-17-26(18-16-25)29-11-5-6-12-30(29)33(38)35-28-21-19-27(20-22-28)34(39)36(2)31-13-7-8-14-32(31)37-23-9-3-4-10-24-37/h5-8,11-22H,3-4,9-10,23-24H2,1-2H3,(H,35,38).